The molecule has 0 aromatic heterocycles. The maximum Gasteiger partial charge on any atom is 0.243 e. The fourth-order valence-electron chi connectivity index (χ4n) is 4.39. The van der Waals surface area contributed by atoms with E-state index < -0.39 is 10.0 Å². The normalized spacial score (nSPS) is 19.9. The van der Waals surface area contributed by atoms with Crippen LogP contribution in [0.3, 0.4) is 0 Å². The third-order valence-corrected chi connectivity index (χ3v) is 8.21. The van der Waals surface area contributed by atoms with Crippen LogP contribution >= 0.6 is 0 Å². The van der Waals surface area contributed by atoms with E-state index in [1.807, 2.05) is 0 Å². The van der Waals surface area contributed by atoms with Crippen molar-refractivity contribution in [2.45, 2.75) is 24.3 Å². The summed E-state index contributed by atoms with van der Waals surface area (Å²) in [6.07, 6.45) is 1.78. The number of sulfonamides is 1. The molecule has 35 heavy (non-hydrogen) atoms. The second kappa shape index (κ2) is 11.9. The van der Waals surface area contributed by atoms with Crippen molar-refractivity contribution in [1.29, 1.82) is 0 Å². The fourth-order valence-corrected chi connectivity index (χ4v) is 5.80. The molecule has 2 aromatic carbocycles. The molecule has 190 valence electrons. The Balaban J connectivity index is 1.19. The van der Waals surface area contributed by atoms with Crippen molar-refractivity contribution in [2.24, 2.45) is 5.92 Å². The molecule has 4 rings (SSSR count). The molecule has 2 saturated heterocycles. The lowest BCUT2D eigenvalue weighted by Gasteiger charge is -2.32. The molecule has 0 unspecified atom stereocenters. The Morgan fingerprint density at radius 1 is 1.06 bits per heavy atom. The van der Waals surface area contributed by atoms with E-state index in [0.717, 1.165) is 24.9 Å². The standard InChI is InChI=1S/C25H32FN3O5S/c26-22-5-3-20(4-6-22)18-28-12-1-2-21(19-28)25(30)27-11-15-34-23-7-9-24(10-8-23)35(31,32)29-13-16-33-17-14-29/h3-10,21H,1-2,11-19H2,(H,27,30)/t21-/m1/s1. The lowest BCUT2D eigenvalue weighted by Crippen LogP contribution is -2.43. The lowest BCUT2D eigenvalue weighted by atomic mass is 9.96. The number of morpholine rings is 1. The number of carbonyl (C=O) groups excluding carboxylic acids is 1. The van der Waals surface area contributed by atoms with Crippen molar-refractivity contribution < 1.29 is 27.1 Å². The zero-order valence-corrected chi connectivity index (χ0v) is 20.5. The molecule has 8 nitrogen and oxygen atoms in total. The number of piperidine rings is 1. The molecule has 2 aromatic rings. The van der Waals surface area contributed by atoms with Gasteiger partial charge < -0.3 is 14.8 Å². The second-order valence-corrected chi connectivity index (χ2v) is 10.8. The average molecular weight is 506 g/mol. The molecule has 2 fully saturated rings. The van der Waals surface area contributed by atoms with Crippen LogP contribution in [-0.4, -0.2) is 76.1 Å². The summed E-state index contributed by atoms with van der Waals surface area (Å²) in [5, 5.41) is 2.94. The van der Waals surface area contributed by atoms with Gasteiger partial charge in [-0.2, -0.15) is 4.31 Å². The minimum atomic E-state index is -3.53. The van der Waals surface area contributed by atoms with Gasteiger partial charge in [0, 0.05) is 26.2 Å². The van der Waals surface area contributed by atoms with Crippen LogP contribution < -0.4 is 10.1 Å². The van der Waals surface area contributed by atoms with Gasteiger partial charge in [0.2, 0.25) is 15.9 Å². The zero-order valence-electron chi connectivity index (χ0n) is 19.7. The molecule has 1 atom stereocenters. The second-order valence-electron chi connectivity index (χ2n) is 8.83. The van der Waals surface area contributed by atoms with Gasteiger partial charge in [0.15, 0.2) is 0 Å². The van der Waals surface area contributed by atoms with Gasteiger partial charge in [-0.25, -0.2) is 12.8 Å². The van der Waals surface area contributed by atoms with Gasteiger partial charge in [-0.1, -0.05) is 12.1 Å². The van der Waals surface area contributed by atoms with Crippen molar-refractivity contribution in [1.82, 2.24) is 14.5 Å². The first-order valence-electron chi connectivity index (χ1n) is 12.0. The first-order valence-corrected chi connectivity index (χ1v) is 13.4. The number of likely N-dealkylation sites (tertiary alicyclic amines) is 1. The molecular weight excluding hydrogens is 473 g/mol. The highest BCUT2D eigenvalue weighted by Crippen LogP contribution is 2.21. The molecule has 10 heteroatoms. The van der Waals surface area contributed by atoms with Crippen molar-refractivity contribution in [2.75, 3.05) is 52.5 Å². The molecule has 2 heterocycles. The van der Waals surface area contributed by atoms with Gasteiger partial charge in [0.1, 0.15) is 18.2 Å². The predicted octanol–water partition coefficient (Wildman–Crippen LogP) is 2.25. The first kappa shape index (κ1) is 25.6. The molecule has 0 spiro atoms. The van der Waals surface area contributed by atoms with E-state index in [-0.39, 0.29) is 29.1 Å². The summed E-state index contributed by atoms with van der Waals surface area (Å²) in [5.74, 6) is 0.211. The number of hydrogen-bond acceptors (Lipinski definition) is 6. The molecule has 1 amide bonds. The first-order chi connectivity index (χ1) is 16.9. The Labute approximate surface area is 206 Å². The van der Waals surface area contributed by atoms with Crippen molar-refractivity contribution in [3.05, 3.63) is 59.9 Å². The Morgan fingerprint density at radius 3 is 2.49 bits per heavy atom. The van der Waals surface area contributed by atoms with Gasteiger partial charge in [-0.15, -0.1) is 0 Å². The van der Waals surface area contributed by atoms with Crippen molar-refractivity contribution in [3.63, 3.8) is 0 Å². The number of nitrogens with one attached hydrogen (secondary N) is 1. The van der Waals surface area contributed by atoms with E-state index in [1.165, 1.54) is 28.6 Å². The van der Waals surface area contributed by atoms with Crippen molar-refractivity contribution >= 4 is 15.9 Å². The minimum Gasteiger partial charge on any atom is -0.492 e. The van der Waals surface area contributed by atoms with Gasteiger partial charge in [0.25, 0.3) is 0 Å². The quantitative estimate of drug-likeness (QED) is 0.526. The Morgan fingerprint density at radius 2 is 1.77 bits per heavy atom. The number of ether oxygens (including phenoxy) is 2. The smallest absolute Gasteiger partial charge is 0.243 e. The van der Waals surface area contributed by atoms with Crippen LogP contribution in [0.5, 0.6) is 5.75 Å². The van der Waals surface area contributed by atoms with E-state index in [0.29, 0.717) is 51.7 Å². The number of halogens is 1. The van der Waals surface area contributed by atoms with Gasteiger partial charge >= 0.3 is 0 Å². The molecule has 0 radical (unpaired) electrons. The summed E-state index contributed by atoms with van der Waals surface area (Å²) in [6.45, 7) is 4.44. The van der Waals surface area contributed by atoms with E-state index in [4.69, 9.17) is 9.47 Å². The van der Waals surface area contributed by atoms with E-state index in [9.17, 15) is 17.6 Å². The highest BCUT2D eigenvalue weighted by molar-refractivity contribution is 7.89. The largest absolute Gasteiger partial charge is 0.492 e. The average Bonchev–Trinajstić information content (AvgIpc) is 2.89. The molecule has 2 aliphatic heterocycles. The van der Waals surface area contributed by atoms with Gasteiger partial charge in [-0.3, -0.25) is 9.69 Å². The number of rotatable bonds is 9. The van der Waals surface area contributed by atoms with Crippen LogP contribution in [0.2, 0.25) is 0 Å². The van der Waals surface area contributed by atoms with Gasteiger partial charge in [-0.05, 0) is 61.3 Å². The summed E-state index contributed by atoms with van der Waals surface area (Å²) in [7, 11) is -3.53. The lowest BCUT2D eigenvalue weighted by molar-refractivity contribution is -0.126. The Bertz CT molecular complexity index is 1070. The van der Waals surface area contributed by atoms with Crippen LogP contribution in [-0.2, 0) is 26.1 Å². The minimum absolute atomic E-state index is 0.00404. The highest BCUT2D eigenvalue weighted by atomic mass is 32.2. The molecule has 1 N–H and O–H groups in total. The number of benzene rings is 2. The maximum atomic E-state index is 13.1. The van der Waals surface area contributed by atoms with Crippen molar-refractivity contribution in [3.8, 4) is 5.75 Å². The summed E-state index contributed by atoms with van der Waals surface area (Å²) >= 11 is 0. The predicted molar refractivity (Wildman–Crippen MR) is 129 cm³/mol. The summed E-state index contributed by atoms with van der Waals surface area (Å²) in [5.41, 5.74) is 1.03. The van der Waals surface area contributed by atoms with E-state index in [1.54, 1.807) is 24.3 Å². The highest BCUT2D eigenvalue weighted by Gasteiger charge is 2.27. The SMILES string of the molecule is O=C(NCCOc1ccc(S(=O)(=O)N2CCOCC2)cc1)[C@@H]1CCCN(Cc2ccc(F)cc2)C1. The van der Waals surface area contributed by atoms with Crippen LogP contribution in [0.4, 0.5) is 4.39 Å². The number of carbonyl (C=O) groups is 1. The van der Waals surface area contributed by atoms with Gasteiger partial charge in [0.05, 0.1) is 30.6 Å². The summed E-state index contributed by atoms with van der Waals surface area (Å²) < 4.78 is 50.8. The summed E-state index contributed by atoms with van der Waals surface area (Å²) in [4.78, 5) is 15.1. The Hall–Kier alpha value is -2.53. The number of hydrogen-bond donors (Lipinski definition) is 1. The topological polar surface area (TPSA) is 88.2 Å². The van der Waals surface area contributed by atoms with Crippen LogP contribution in [0.1, 0.15) is 18.4 Å². The Kier molecular flexibility index (Phi) is 8.72. The van der Waals surface area contributed by atoms with E-state index in [2.05, 4.69) is 10.2 Å². The molecule has 0 saturated carbocycles. The third-order valence-electron chi connectivity index (χ3n) is 6.30. The van der Waals surface area contributed by atoms with Crippen LogP contribution in [0.15, 0.2) is 53.4 Å². The number of amides is 1. The van der Waals surface area contributed by atoms with Crippen LogP contribution in [0.25, 0.3) is 0 Å². The molecule has 0 aliphatic carbocycles. The maximum absolute atomic E-state index is 13.1. The molecular formula is C25H32FN3O5S. The monoisotopic (exact) mass is 505 g/mol. The number of nitrogens with zero attached hydrogens (tertiary/aromatic N) is 2. The third kappa shape index (κ3) is 7.00. The summed E-state index contributed by atoms with van der Waals surface area (Å²) in [6, 6.07) is 12.8. The molecule has 2 aliphatic rings. The molecule has 0 bridgehead atoms. The van der Waals surface area contributed by atoms with Crippen LogP contribution in [0, 0.1) is 11.7 Å². The van der Waals surface area contributed by atoms with E-state index >= 15 is 0 Å². The zero-order chi connectivity index (χ0) is 24.7. The fraction of sp³-hybridized carbons (Fsp3) is 0.480.